The van der Waals surface area contributed by atoms with E-state index in [1.165, 1.54) is 0 Å². The second-order valence-corrected chi connectivity index (χ2v) is 0.993. The van der Waals surface area contributed by atoms with Crippen LogP contribution in [0.15, 0.2) is 0 Å². The van der Waals surface area contributed by atoms with Gasteiger partial charge in [0.25, 0.3) is 0 Å². The summed E-state index contributed by atoms with van der Waals surface area (Å²) >= 11 is 0. The van der Waals surface area contributed by atoms with Crippen molar-refractivity contribution in [2.24, 2.45) is 0 Å². The van der Waals surface area contributed by atoms with E-state index in [4.69, 9.17) is 4.74 Å². The maximum atomic E-state index is 4.69. The van der Waals surface area contributed by atoms with Crippen molar-refractivity contribution in [2.75, 3.05) is 13.7 Å². The van der Waals surface area contributed by atoms with Gasteiger partial charge in [-0.25, -0.2) is 0 Å². The topological polar surface area (TPSA) is 9.23 Å². The third kappa shape index (κ3) is 9.18. The summed E-state index contributed by atoms with van der Waals surface area (Å²) in [5.41, 5.74) is 0. The van der Waals surface area contributed by atoms with Crippen LogP contribution in [0.1, 0.15) is 0 Å². The first-order valence-corrected chi connectivity index (χ1v) is 1.90. The summed E-state index contributed by atoms with van der Waals surface area (Å²) in [6.45, 7) is 0.889. The summed E-state index contributed by atoms with van der Waals surface area (Å²) in [4.78, 5) is 0. The minimum atomic E-state index is 0. The summed E-state index contributed by atoms with van der Waals surface area (Å²) in [5.74, 6) is 0. The summed E-state index contributed by atoms with van der Waals surface area (Å²) < 4.78 is 4.69. The van der Waals surface area contributed by atoms with Crippen LogP contribution in [0.5, 0.6) is 0 Å². The Labute approximate surface area is 82.7 Å². The quantitative estimate of drug-likeness (QED) is 0.418. The van der Waals surface area contributed by atoms with E-state index in [2.05, 4.69) is 7.85 Å². The summed E-state index contributed by atoms with van der Waals surface area (Å²) in [5, 5.41) is 0. The third-order valence-corrected chi connectivity index (χ3v) is 0.408. The van der Waals surface area contributed by atoms with Gasteiger partial charge in [0.1, 0.15) is 7.85 Å². The van der Waals surface area contributed by atoms with E-state index in [9.17, 15) is 0 Å². The molecule has 0 bridgehead atoms. The number of ether oxygens (including phenoxy) is 1. The van der Waals surface area contributed by atoms with Gasteiger partial charge in [-0.3, -0.25) is 0 Å². The Morgan fingerprint density at radius 2 is 2.17 bits per heavy atom. The van der Waals surface area contributed by atoms with Gasteiger partial charge >= 0.3 is 51.4 Å². The molecule has 0 rings (SSSR count). The Bertz CT molecular complexity index is 18.3. The van der Waals surface area contributed by atoms with Crippen LogP contribution in [0.2, 0.25) is 6.32 Å². The molecule has 0 aliphatic heterocycles. The third-order valence-electron chi connectivity index (χ3n) is 0.408. The second kappa shape index (κ2) is 9.83. The molecule has 0 unspecified atom stereocenters. The fourth-order valence-corrected chi connectivity index (χ4v) is 0.204. The first-order chi connectivity index (χ1) is 2.41. The molecule has 0 aromatic carbocycles. The zero-order valence-corrected chi connectivity index (χ0v) is 3.82. The monoisotopic (exact) mass is 112 g/mol. The average Bonchev–Trinajstić information content (AvgIpc) is 1.41. The normalized spacial score (nSPS) is 6.83. The van der Waals surface area contributed by atoms with Crippen molar-refractivity contribution in [1.82, 2.24) is 0 Å². The zero-order valence-electron chi connectivity index (χ0n) is 3.82. The van der Waals surface area contributed by atoms with E-state index < -0.39 is 0 Å². The molecule has 0 aliphatic carbocycles. The fourth-order valence-electron chi connectivity index (χ4n) is 0.204. The number of hydrogen-bond donors (Lipinski definition) is 0. The predicted molar refractivity (Wildman–Crippen MR) is 32.4 cm³/mol. The molecule has 0 spiro atoms. The molecule has 0 saturated carbocycles. The average molecular weight is 112 g/mol. The molecule has 0 saturated heterocycles. The van der Waals surface area contributed by atoms with Crippen molar-refractivity contribution in [3.63, 3.8) is 0 Å². The molecule has 0 aromatic rings. The molecular formula is C3H10BKO. The van der Waals surface area contributed by atoms with Crippen LogP contribution in [-0.4, -0.2) is 72.9 Å². The van der Waals surface area contributed by atoms with Crippen LogP contribution < -0.4 is 0 Å². The predicted octanol–water partition coefficient (Wildman–Crippen LogP) is -0.964. The summed E-state index contributed by atoms with van der Waals surface area (Å²) in [7, 11) is 3.80. The first-order valence-electron chi connectivity index (χ1n) is 1.90. The Hall–Kier alpha value is 1.66. The van der Waals surface area contributed by atoms with Crippen LogP contribution in [0.25, 0.3) is 0 Å². The van der Waals surface area contributed by atoms with E-state index in [1.807, 2.05) is 0 Å². The fraction of sp³-hybridized carbons (Fsp3) is 1.00. The second-order valence-electron chi connectivity index (χ2n) is 0.993. The van der Waals surface area contributed by atoms with Gasteiger partial charge in [0.15, 0.2) is 0 Å². The maximum absolute atomic E-state index is 4.69. The van der Waals surface area contributed by atoms with E-state index in [0.717, 1.165) is 12.9 Å². The van der Waals surface area contributed by atoms with Crippen LogP contribution in [0, 0.1) is 0 Å². The molecule has 3 heteroatoms. The van der Waals surface area contributed by atoms with Crippen molar-refractivity contribution in [3.8, 4) is 0 Å². The van der Waals surface area contributed by atoms with Crippen molar-refractivity contribution in [2.45, 2.75) is 6.32 Å². The van der Waals surface area contributed by atoms with E-state index in [-0.39, 0.29) is 51.4 Å². The van der Waals surface area contributed by atoms with E-state index in [0.29, 0.717) is 0 Å². The standard InChI is InChI=1S/C3H9BO.K.H/c1-5-3-2-4;;/h2-4H2,1H3;;. The Morgan fingerprint density at radius 3 is 2.17 bits per heavy atom. The molecule has 0 radical (unpaired) electrons. The molecule has 6 heavy (non-hydrogen) atoms. The van der Waals surface area contributed by atoms with Gasteiger partial charge < -0.3 is 4.74 Å². The van der Waals surface area contributed by atoms with Gasteiger partial charge in [-0.05, 0) is 0 Å². The summed E-state index contributed by atoms with van der Waals surface area (Å²) in [6, 6.07) is 0. The Kier molecular flexibility index (Phi) is 17.4. The SMILES string of the molecule is BCCOC.[KH]. The van der Waals surface area contributed by atoms with E-state index >= 15 is 0 Å². The molecule has 0 N–H and O–H groups in total. The van der Waals surface area contributed by atoms with Gasteiger partial charge in [-0.1, -0.05) is 6.32 Å². The number of hydrogen-bond acceptors (Lipinski definition) is 1. The van der Waals surface area contributed by atoms with Crippen LogP contribution in [0.3, 0.4) is 0 Å². The van der Waals surface area contributed by atoms with Crippen molar-refractivity contribution < 1.29 is 4.74 Å². The van der Waals surface area contributed by atoms with Crippen molar-refractivity contribution in [1.29, 1.82) is 0 Å². The van der Waals surface area contributed by atoms with Gasteiger partial charge in [-0.2, -0.15) is 0 Å². The van der Waals surface area contributed by atoms with Gasteiger partial charge in [-0.15, -0.1) is 0 Å². The van der Waals surface area contributed by atoms with Gasteiger partial charge in [0.05, 0.1) is 0 Å². The molecule has 1 nitrogen and oxygen atoms in total. The molecule has 0 aliphatic rings. The molecule has 0 heterocycles. The van der Waals surface area contributed by atoms with Gasteiger partial charge in [0, 0.05) is 13.7 Å². The molecule has 0 fully saturated rings. The molecule has 0 amide bonds. The summed E-state index contributed by atoms with van der Waals surface area (Å²) in [6.07, 6.45) is 1.12. The first kappa shape index (κ1) is 10.6. The van der Waals surface area contributed by atoms with E-state index in [1.54, 1.807) is 7.11 Å². The molecular weight excluding hydrogens is 102 g/mol. The zero-order chi connectivity index (χ0) is 4.12. The van der Waals surface area contributed by atoms with Gasteiger partial charge in [0.2, 0.25) is 0 Å². The number of rotatable bonds is 2. The van der Waals surface area contributed by atoms with Crippen LogP contribution >= 0.6 is 0 Å². The Morgan fingerprint density at radius 1 is 1.67 bits per heavy atom. The van der Waals surface area contributed by atoms with Crippen molar-refractivity contribution >= 4 is 59.2 Å². The van der Waals surface area contributed by atoms with Crippen molar-refractivity contribution in [3.05, 3.63) is 0 Å². The molecule has 0 atom stereocenters. The molecule has 32 valence electrons. The Balaban J connectivity index is 0. The minimum absolute atomic E-state index is 0. The number of methoxy groups -OCH3 is 1. The molecule has 0 aromatic heterocycles. The van der Waals surface area contributed by atoms with Crippen LogP contribution in [0.4, 0.5) is 0 Å². The van der Waals surface area contributed by atoms with Crippen LogP contribution in [-0.2, 0) is 4.74 Å².